The largest absolute Gasteiger partial charge is 0.348 e. The summed E-state index contributed by atoms with van der Waals surface area (Å²) in [4.78, 5) is 16.4. The van der Waals surface area contributed by atoms with E-state index in [1.54, 1.807) is 12.3 Å². The normalized spacial score (nSPS) is 12.7. The number of nitrogens with zero attached hydrogens (tertiary/aromatic N) is 1. The molecule has 116 valence electrons. The van der Waals surface area contributed by atoms with Crippen LogP contribution in [0, 0.1) is 5.41 Å². The van der Waals surface area contributed by atoms with Gasteiger partial charge >= 0.3 is 0 Å². The van der Waals surface area contributed by atoms with Crippen LogP contribution in [0.1, 0.15) is 36.7 Å². The minimum atomic E-state index is -0.164. The van der Waals surface area contributed by atoms with E-state index in [2.05, 4.69) is 43.2 Å². The number of hydrogen-bond acceptors (Lipinski definition) is 2. The second-order valence-electron chi connectivity index (χ2n) is 6.44. The number of halogens is 1. The number of amides is 1. The summed E-state index contributed by atoms with van der Waals surface area (Å²) in [6, 6.07) is 11.8. The molecule has 1 atom stereocenters. The maximum atomic E-state index is 12.5. The Kier molecular flexibility index (Phi) is 5.19. The molecule has 1 heterocycles. The molecule has 2 aromatic rings. The Balaban J connectivity index is 2.17. The lowest BCUT2D eigenvalue weighted by Gasteiger charge is -2.32. The van der Waals surface area contributed by atoms with Gasteiger partial charge in [0.25, 0.3) is 5.91 Å². The van der Waals surface area contributed by atoms with E-state index in [9.17, 15) is 4.79 Å². The zero-order valence-electron chi connectivity index (χ0n) is 13.1. The van der Waals surface area contributed by atoms with Crippen molar-refractivity contribution in [2.24, 2.45) is 5.41 Å². The number of nitrogens with one attached hydrogen (secondary N) is 1. The van der Waals surface area contributed by atoms with Crippen LogP contribution in [-0.4, -0.2) is 16.9 Å². The standard InChI is InChI=1S/C18H21ClN2O/c1-18(2,3)16(11-13-7-5-4-6-8-13)21-17(22)14-9-10-20-12-15(14)19/h4-10,12,16H,11H2,1-3H3,(H,21,22). The van der Waals surface area contributed by atoms with Crippen LogP contribution in [0.25, 0.3) is 0 Å². The lowest BCUT2D eigenvalue weighted by molar-refractivity contribution is 0.0902. The van der Waals surface area contributed by atoms with E-state index >= 15 is 0 Å². The van der Waals surface area contributed by atoms with E-state index in [0.717, 1.165) is 6.42 Å². The third-order valence-corrected chi connectivity index (χ3v) is 3.95. The maximum Gasteiger partial charge on any atom is 0.253 e. The van der Waals surface area contributed by atoms with Crippen LogP contribution in [0.15, 0.2) is 48.8 Å². The summed E-state index contributed by atoms with van der Waals surface area (Å²) in [6.45, 7) is 6.36. The highest BCUT2D eigenvalue weighted by Crippen LogP contribution is 2.24. The van der Waals surface area contributed by atoms with Gasteiger partial charge in [0.1, 0.15) is 0 Å². The Morgan fingerprint density at radius 2 is 1.91 bits per heavy atom. The molecule has 0 aliphatic carbocycles. The number of rotatable bonds is 4. The van der Waals surface area contributed by atoms with Gasteiger partial charge in [-0.3, -0.25) is 9.78 Å². The van der Waals surface area contributed by atoms with Gasteiger partial charge in [-0.2, -0.15) is 0 Å². The number of carbonyl (C=O) groups excluding carboxylic acids is 1. The van der Waals surface area contributed by atoms with E-state index in [1.807, 2.05) is 18.2 Å². The van der Waals surface area contributed by atoms with Crippen LogP contribution < -0.4 is 5.32 Å². The summed E-state index contributed by atoms with van der Waals surface area (Å²) < 4.78 is 0. The molecule has 0 aliphatic rings. The Hall–Kier alpha value is -1.87. The van der Waals surface area contributed by atoms with Crippen molar-refractivity contribution < 1.29 is 4.79 Å². The minimum Gasteiger partial charge on any atom is -0.348 e. The zero-order chi connectivity index (χ0) is 16.2. The fourth-order valence-electron chi connectivity index (χ4n) is 2.22. The second-order valence-corrected chi connectivity index (χ2v) is 6.84. The summed E-state index contributed by atoms with van der Waals surface area (Å²) in [7, 11) is 0. The summed E-state index contributed by atoms with van der Waals surface area (Å²) in [5.74, 6) is -0.164. The van der Waals surface area contributed by atoms with Gasteiger partial charge in [0, 0.05) is 18.4 Å². The summed E-state index contributed by atoms with van der Waals surface area (Å²) in [5.41, 5.74) is 1.59. The maximum absolute atomic E-state index is 12.5. The van der Waals surface area contributed by atoms with Gasteiger partial charge < -0.3 is 5.32 Å². The molecule has 1 aromatic heterocycles. The van der Waals surface area contributed by atoms with Crippen LogP contribution in [0.2, 0.25) is 5.02 Å². The Morgan fingerprint density at radius 3 is 2.50 bits per heavy atom. The monoisotopic (exact) mass is 316 g/mol. The van der Waals surface area contributed by atoms with Crippen molar-refractivity contribution in [1.29, 1.82) is 0 Å². The fraction of sp³-hybridized carbons (Fsp3) is 0.333. The van der Waals surface area contributed by atoms with Crippen molar-refractivity contribution in [2.75, 3.05) is 0 Å². The highest BCUT2D eigenvalue weighted by atomic mass is 35.5. The number of aromatic nitrogens is 1. The van der Waals surface area contributed by atoms with E-state index in [1.165, 1.54) is 11.8 Å². The molecule has 0 spiro atoms. The molecule has 0 radical (unpaired) electrons. The number of pyridine rings is 1. The second kappa shape index (κ2) is 6.93. The molecule has 3 nitrogen and oxygen atoms in total. The van der Waals surface area contributed by atoms with E-state index in [4.69, 9.17) is 11.6 Å². The Morgan fingerprint density at radius 1 is 1.23 bits per heavy atom. The van der Waals surface area contributed by atoms with Gasteiger partial charge in [0.15, 0.2) is 0 Å². The first-order chi connectivity index (χ1) is 10.4. The molecule has 0 saturated carbocycles. The van der Waals surface area contributed by atoms with E-state index < -0.39 is 0 Å². The lowest BCUT2D eigenvalue weighted by atomic mass is 9.83. The smallest absolute Gasteiger partial charge is 0.253 e. The van der Waals surface area contributed by atoms with Crippen molar-refractivity contribution in [3.63, 3.8) is 0 Å². The average molecular weight is 317 g/mol. The number of benzene rings is 1. The van der Waals surface area contributed by atoms with Crippen LogP contribution >= 0.6 is 11.6 Å². The van der Waals surface area contributed by atoms with E-state index in [-0.39, 0.29) is 17.4 Å². The third-order valence-electron chi connectivity index (χ3n) is 3.65. The van der Waals surface area contributed by atoms with Gasteiger partial charge in [0.2, 0.25) is 0 Å². The van der Waals surface area contributed by atoms with Gasteiger partial charge in [-0.25, -0.2) is 0 Å². The minimum absolute atomic E-state index is 0.00614. The van der Waals surface area contributed by atoms with Crippen LogP contribution in [0.4, 0.5) is 0 Å². The van der Waals surface area contributed by atoms with Gasteiger partial charge in [-0.15, -0.1) is 0 Å². The van der Waals surface area contributed by atoms with Gasteiger partial charge in [0.05, 0.1) is 10.6 Å². The van der Waals surface area contributed by atoms with Crippen molar-refractivity contribution in [3.05, 3.63) is 64.9 Å². The predicted octanol–water partition coefficient (Wildman–Crippen LogP) is 4.12. The molecule has 4 heteroatoms. The Labute approximate surface area is 136 Å². The van der Waals surface area contributed by atoms with Crippen LogP contribution in [-0.2, 0) is 6.42 Å². The SMILES string of the molecule is CC(C)(C)C(Cc1ccccc1)NC(=O)c1ccncc1Cl. The Bertz CT molecular complexity index is 635. The van der Waals surface area contributed by atoms with Crippen molar-refractivity contribution >= 4 is 17.5 Å². The molecule has 0 fully saturated rings. The van der Waals surface area contributed by atoms with E-state index in [0.29, 0.717) is 10.6 Å². The van der Waals surface area contributed by atoms with Crippen molar-refractivity contribution in [1.82, 2.24) is 10.3 Å². The lowest BCUT2D eigenvalue weighted by Crippen LogP contribution is -2.45. The molecule has 0 saturated heterocycles. The predicted molar refractivity (Wildman–Crippen MR) is 90.1 cm³/mol. The number of carbonyl (C=O) groups is 1. The third kappa shape index (κ3) is 4.31. The van der Waals surface area contributed by atoms with Gasteiger partial charge in [-0.05, 0) is 23.5 Å². The number of hydrogen-bond donors (Lipinski definition) is 1. The molecule has 0 bridgehead atoms. The van der Waals surface area contributed by atoms with Gasteiger partial charge in [-0.1, -0.05) is 62.7 Å². The van der Waals surface area contributed by atoms with Crippen LogP contribution in [0.5, 0.6) is 0 Å². The first kappa shape index (κ1) is 16.5. The molecule has 0 aliphatic heterocycles. The first-order valence-electron chi connectivity index (χ1n) is 7.32. The first-order valence-corrected chi connectivity index (χ1v) is 7.70. The van der Waals surface area contributed by atoms with Crippen LogP contribution in [0.3, 0.4) is 0 Å². The molecule has 1 N–H and O–H groups in total. The zero-order valence-corrected chi connectivity index (χ0v) is 13.9. The molecule has 2 rings (SSSR count). The molecule has 1 amide bonds. The molecular formula is C18H21ClN2O. The quantitative estimate of drug-likeness (QED) is 0.921. The van der Waals surface area contributed by atoms with Crippen molar-refractivity contribution in [2.45, 2.75) is 33.2 Å². The fourth-order valence-corrected chi connectivity index (χ4v) is 2.42. The molecule has 1 aromatic carbocycles. The van der Waals surface area contributed by atoms with Crippen molar-refractivity contribution in [3.8, 4) is 0 Å². The molecule has 22 heavy (non-hydrogen) atoms. The highest BCUT2D eigenvalue weighted by Gasteiger charge is 2.27. The highest BCUT2D eigenvalue weighted by molar-refractivity contribution is 6.33. The average Bonchev–Trinajstić information content (AvgIpc) is 2.47. The summed E-state index contributed by atoms with van der Waals surface area (Å²) in [6.07, 6.45) is 3.84. The molecule has 1 unspecified atom stereocenters. The summed E-state index contributed by atoms with van der Waals surface area (Å²) in [5, 5.41) is 3.48. The summed E-state index contributed by atoms with van der Waals surface area (Å²) >= 11 is 6.05. The molecular weight excluding hydrogens is 296 g/mol. The topological polar surface area (TPSA) is 42.0 Å².